The maximum atomic E-state index is 12.2. The van der Waals surface area contributed by atoms with Gasteiger partial charge in [0.25, 0.3) is 0 Å². The Kier molecular flexibility index (Phi) is 5.35. The van der Waals surface area contributed by atoms with Crippen molar-refractivity contribution in [3.63, 3.8) is 0 Å². The molecule has 0 aliphatic rings. The van der Waals surface area contributed by atoms with Crippen molar-refractivity contribution in [2.24, 2.45) is 5.73 Å². The van der Waals surface area contributed by atoms with Gasteiger partial charge in [0.05, 0.1) is 5.56 Å². The third-order valence-electron chi connectivity index (χ3n) is 2.52. The number of ketones is 1. The summed E-state index contributed by atoms with van der Waals surface area (Å²) in [6.07, 6.45) is -3.35. The van der Waals surface area contributed by atoms with E-state index in [1.165, 1.54) is 18.2 Å². The Balaban J connectivity index is 2.85. The van der Waals surface area contributed by atoms with Gasteiger partial charge in [0.1, 0.15) is 5.75 Å². The smallest absolute Gasteiger partial charge is 0.405 e. The number of para-hydroxylation sites is 1. The van der Waals surface area contributed by atoms with Gasteiger partial charge in [-0.25, -0.2) is 0 Å². The number of carbonyl (C=O) groups excluding carboxylic acids is 1. The Bertz CT molecular complexity index is 432. The summed E-state index contributed by atoms with van der Waals surface area (Å²) in [7, 11) is 0. The van der Waals surface area contributed by atoms with Crippen LogP contribution in [-0.4, -0.2) is 18.2 Å². The molecule has 1 aromatic carbocycles. The first-order chi connectivity index (χ1) is 8.83. The Morgan fingerprint density at radius 1 is 1.37 bits per heavy atom. The van der Waals surface area contributed by atoms with Crippen LogP contribution in [0.4, 0.5) is 13.2 Å². The van der Waals surface area contributed by atoms with Gasteiger partial charge in [-0.2, -0.15) is 0 Å². The van der Waals surface area contributed by atoms with Gasteiger partial charge < -0.3 is 10.5 Å². The van der Waals surface area contributed by atoms with Crippen molar-refractivity contribution < 1.29 is 22.7 Å². The summed E-state index contributed by atoms with van der Waals surface area (Å²) in [6.45, 7) is 1.92. The Morgan fingerprint density at radius 2 is 2.00 bits per heavy atom. The highest BCUT2D eigenvalue weighted by Gasteiger charge is 2.32. The van der Waals surface area contributed by atoms with Crippen molar-refractivity contribution in [1.82, 2.24) is 0 Å². The molecule has 2 N–H and O–H groups in total. The first-order valence-electron chi connectivity index (χ1n) is 5.97. The normalized spacial score (nSPS) is 13.1. The first-order valence-corrected chi connectivity index (χ1v) is 5.97. The number of benzene rings is 1. The molecule has 0 bridgehead atoms. The molecule has 0 spiro atoms. The molecule has 0 aliphatic heterocycles. The van der Waals surface area contributed by atoms with Crippen molar-refractivity contribution >= 4 is 5.78 Å². The van der Waals surface area contributed by atoms with E-state index in [-0.39, 0.29) is 18.0 Å². The SMILES string of the molecule is CCCC(N)CC(=O)c1ccccc1OC(F)(F)F. The van der Waals surface area contributed by atoms with Gasteiger partial charge in [-0.15, -0.1) is 13.2 Å². The Labute approximate surface area is 109 Å². The quantitative estimate of drug-likeness (QED) is 0.810. The van der Waals surface area contributed by atoms with Crippen LogP contribution in [0.3, 0.4) is 0 Å². The van der Waals surface area contributed by atoms with Crippen LogP contribution in [0.15, 0.2) is 24.3 Å². The molecule has 1 unspecified atom stereocenters. The molecule has 0 saturated heterocycles. The van der Waals surface area contributed by atoms with Crippen molar-refractivity contribution in [1.29, 1.82) is 0 Å². The summed E-state index contributed by atoms with van der Waals surface area (Å²) in [6, 6.07) is 4.94. The molecule has 0 aliphatic carbocycles. The van der Waals surface area contributed by atoms with Crippen molar-refractivity contribution in [3.05, 3.63) is 29.8 Å². The fourth-order valence-electron chi connectivity index (χ4n) is 1.73. The number of rotatable bonds is 6. The lowest BCUT2D eigenvalue weighted by Gasteiger charge is -2.14. The van der Waals surface area contributed by atoms with Crippen LogP contribution in [0, 0.1) is 0 Å². The molecule has 0 heterocycles. The maximum absolute atomic E-state index is 12.2. The molecule has 1 rings (SSSR count). The average molecular weight is 275 g/mol. The highest BCUT2D eigenvalue weighted by Crippen LogP contribution is 2.27. The predicted octanol–water partition coefficient (Wildman–Crippen LogP) is 3.29. The number of nitrogens with two attached hydrogens (primary N) is 1. The van der Waals surface area contributed by atoms with Crippen LogP contribution in [-0.2, 0) is 0 Å². The molecule has 0 radical (unpaired) electrons. The zero-order valence-electron chi connectivity index (χ0n) is 10.5. The minimum absolute atomic E-state index is 0.00602. The molecule has 0 saturated carbocycles. The average Bonchev–Trinajstić information content (AvgIpc) is 2.27. The topological polar surface area (TPSA) is 52.3 Å². The number of hydrogen-bond donors (Lipinski definition) is 1. The standard InChI is InChI=1S/C13H16F3NO2/c1-2-5-9(17)8-11(18)10-6-3-4-7-12(10)19-13(14,15)16/h3-4,6-7,9H,2,5,8,17H2,1H3. The molecule has 1 aromatic rings. The van der Waals surface area contributed by atoms with Gasteiger partial charge in [0, 0.05) is 12.5 Å². The van der Waals surface area contributed by atoms with Crippen LogP contribution in [0.1, 0.15) is 36.5 Å². The molecule has 0 fully saturated rings. The van der Waals surface area contributed by atoms with Crippen LogP contribution < -0.4 is 10.5 Å². The summed E-state index contributed by atoms with van der Waals surface area (Å²) >= 11 is 0. The number of halogens is 3. The summed E-state index contributed by atoms with van der Waals surface area (Å²) in [5, 5.41) is 0. The Morgan fingerprint density at radius 3 is 2.58 bits per heavy atom. The Hall–Kier alpha value is -1.56. The lowest BCUT2D eigenvalue weighted by Crippen LogP contribution is -2.24. The molecule has 0 amide bonds. The lowest BCUT2D eigenvalue weighted by atomic mass is 10.0. The van der Waals surface area contributed by atoms with Crippen LogP contribution in [0.25, 0.3) is 0 Å². The molecule has 3 nitrogen and oxygen atoms in total. The van der Waals surface area contributed by atoms with E-state index in [9.17, 15) is 18.0 Å². The lowest BCUT2D eigenvalue weighted by molar-refractivity contribution is -0.274. The minimum atomic E-state index is -4.82. The first kappa shape index (κ1) is 15.5. The number of alkyl halides is 3. The van der Waals surface area contributed by atoms with E-state index < -0.39 is 17.9 Å². The fraction of sp³-hybridized carbons (Fsp3) is 0.462. The van der Waals surface area contributed by atoms with Crippen molar-refractivity contribution in [3.8, 4) is 5.75 Å². The third kappa shape index (κ3) is 5.30. The van der Waals surface area contributed by atoms with E-state index >= 15 is 0 Å². The largest absolute Gasteiger partial charge is 0.573 e. The second kappa shape index (κ2) is 6.56. The summed E-state index contributed by atoms with van der Waals surface area (Å²) in [4.78, 5) is 11.9. The zero-order chi connectivity index (χ0) is 14.5. The number of hydrogen-bond acceptors (Lipinski definition) is 3. The van der Waals surface area contributed by atoms with Gasteiger partial charge in [-0.05, 0) is 18.6 Å². The van der Waals surface area contributed by atoms with Gasteiger partial charge >= 0.3 is 6.36 Å². The van der Waals surface area contributed by atoms with Crippen molar-refractivity contribution in [2.45, 2.75) is 38.6 Å². The van der Waals surface area contributed by atoms with E-state index in [1.807, 2.05) is 6.92 Å². The molecule has 1 atom stereocenters. The van der Waals surface area contributed by atoms with E-state index in [0.717, 1.165) is 12.5 Å². The van der Waals surface area contributed by atoms with E-state index in [4.69, 9.17) is 5.73 Å². The summed E-state index contributed by atoms with van der Waals surface area (Å²) in [5.74, 6) is -0.926. The summed E-state index contributed by atoms with van der Waals surface area (Å²) < 4.78 is 40.5. The highest BCUT2D eigenvalue weighted by atomic mass is 19.4. The monoisotopic (exact) mass is 275 g/mol. The molecule has 19 heavy (non-hydrogen) atoms. The highest BCUT2D eigenvalue weighted by molar-refractivity contribution is 5.99. The second-order valence-corrected chi connectivity index (χ2v) is 4.22. The number of Topliss-reactive ketones (excluding diaryl/α,β-unsaturated/α-hetero) is 1. The van der Waals surface area contributed by atoms with Crippen LogP contribution in [0.2, 0.25) is 0 Å². The minimum Gasteiger partial charge on any atom is -0.405 e. The summed E-state index contributed by atoms with van der Waals surface area (Å²) in [5.41, 5.74) is 5.62. The zero-order valence-corrected chi connectivity index (χ0v) is 10.5. The fourth-order valence-corrected chi connectivity index (χ4v) is 1.73. The predicted molar refractivity (Wildman–Crippen MR) is 65.0 cm³/mol. The van der Waals surface area contributed by atoms with Crippen molar-refractivity contribution in [2.75, 3.05) is 0 Å². The maximum Gasteiger partial charge on any atom is 0.573 e. The molecule has 0 aromatic heterocycles. The molecular formula is C13H16F3NO2. The molecule has 6 heteroatoms. The van der Waals surface area contributed by atoms with Gasteiger partial charge in [-0.1, -0.05) is 25.5 Å². The van der Waals surface area contributed by atoms with Gasteiger partial charge in [-0.3, -0.25) is 4.79 Å². The van der Waals surface area contributed by atoms with Crippen LogP contribution in [0.5, 0.6) is 5.75 Å². The van der Waals surface area contributed by atoms with Gasteiger partial charge in [0.15, 0.2) is 5.78 Å². The van der Waals surface area contributed by atoms with E-state index in [1.54, 1.807) is 0 Å². The molecular weight excluding hydrogens is 259 g/mol. The van der Waals surface area contributed by atoms with Gasteiger partial charge in [0.2, 0.25) is 0 Å². The molecule has 106 valence electrons. The number of carbonyl (C=O) groups is 1. The second-order valence-electron chi connectivity index (χ2n) is 4.22. The number of ether oxygens (including phenoxy) is 1. The van der Waals surface area contributed by atoms with E-state index in [2.05, 4.69) is 4.74 Å². The van der Waals surface area contributed by atoms with E-state index in [0.29, 0.717) is 6.42 Å². The van der Waals surface area contributed by atoms with Crippen LogP contribution >= 0.6 is 0 Å². The third-order valence-corrected chi connectivity index (χ3v) is 2.52.